The van der Waals surface area contributed by atoms with Crippen molar-refractivity contribution in [3.05, 3.63) is 35.7 Å². The van der Waals surface area contributed by atoms with Gasteiger partial charge in [0.1, 0.15) is 0 Å². The summed E-state index contributed by atoms with van der Waals surface area (Å²) < 4.78 is 11.5. The molecule has 8 heteroatoms. The van der Waals surface area contributed by atoms with E-state index >= 15 is 0 Å². The minimum Gasteiger partial charge on any atom is -0.427 e. The number of aryl methyl sites for hydroxylation is 1. The fourth-order valence-corrected chi connectivity index (χ4v) is 2.93. The van der Waals surface area contributed by atoms with Crippen LogP contribution in [0.15, 0.2) is 28.7 Å². The average Bonchev–Trinajstić information content (AvgIpc) is 3.16. The van der Waals surface area contributed by atoms with Gasteiger partial charge in [-0.1, -0.05) is 41.8 Å². The molecule has 1 aromatic carbocycles. The molecule has 0 aliphatic carbocycles. The molecule has 1 fully saturated rings. The van der Waals surface area contributed by atoms with Crippen LogP contribution < -0.4 is 10.4 Å². The fraction of sp³-hybridized carbons (Fsp3) is 0.619. The Balaban J connectivity index is 1.47. The summed E-state index contributed by atoms with van der Waals surface area (Å²) in [5.41, 5.74) is 0.662. The van der Waals surface area contributed by atoms with Gasteiger partial charge in [0.05, 0.1) is 11.2 Å². The molecule has 0 atom stereocenters. The van der Waals surface area contributed by atoms with Crippen molar-refractivity contribution in [1.29, 1.82) is 0 Å². The number of rotatable bonds is 8. The number of hydrogen-bond donors (Lipinski definition) is 1. The lowest BCUT2D eigenvalue weighted by Gasteiger charge is -2.37. The molecule has 0 unspecified atom stereocenters. The van der Waals surface area contributed by atoms with E-state index in [2.05, 4.69) is 44.3 Å². The highest BCUT2D eigenvalue weighted by Gasteiger charge is 2.35. The Bertz CT molecular complexity index is 778. The topological polar surface area (TPSA) is 74.9 Å². The summed E-state index contributed by atoms with van der Waals surface area (Å²) in [4.78, 5) is 4.59. The minimum atomic E-state index is -0.926. The summed E-state index contributed by atoms with van der Waals surface area (Å²) in [5, 5.41) is 18.4. The van der Waals surface area contributed by atoms with Gasteiger partial charge in [-0.05, 0) is 33.3 Å². The van der Waals surface area contributed by atoms with Crippen molar-refractivity contribution in [3.63, 3.8) is 0 Å². The number of nitrogens with zero attached hydrogens (tertiary/aromatic N) is 4. The van der Waals surface area contributed by atoms with Crippen LogP contribution >= 0.6 is 0 Å². The van der Waals surface area contributed by atoms with Crippen molar-refractivity contribution in [1.82, 2.24) is 15.1 Å². The molecule has 29 heavy (non-hydrogen) atoms. The number of hydrogen-bond acceptors (Lipinski definition) is 7. The predicted molar refractivity (Wildman–Crippen MR) is 114 cm³/mol. The molecule has 1 saturated heterocycles. The van der Waals surface area contributed by atoms with Gasteiger partial charge >= 0.3 is 13.5 Å². The molecular formula is C21H32BN4O3. The van der Waals surface area contributed by atoms with Crippen LogP contribution in [0.5, 0.6) is 0 Å². The zero-order chi connectivity index (χ0) is 21.1. The monoisotopic (exact) mass is 399 g/mol. The molecule has 0 spiro atoms. The van der Waals surface area contributed by atoms with Gasteiger partial charge in [0.25, 0.3) is 0 Å². The van der Waals surface area contributed by atoms with Crippen LogP contribution in [0.3, 0.4) is 0 Å². The normalized spacial score (nSPS) is 16.3. The van der Waals surface area contributed by atoms with Gasteiger partial charge in [0.2, 0.25) is 5.89 Å². The fourth-order valence-electron chi connectivity index (χ4n) is 2.93. The molecule has 1 radical (unpaired) electrons. The first-order valence-corrected chi connectivity index (χ1v) is 10.3. The van der Waals surface area contributed by atoms with E-state index in [0.717, 1.165) is 44.6 Å². The van der Waals surface area contributed by atoms with Crippen molar-refractivity contribution in [2.45, 2.75) is 58.8 Å². The van der Waals surface area contributed by atoms with Crippen LogP contribution in [0.25, 0.3) is 0 Å². The second-order valence-corrected chi connectivity index (χ2v) is 8.64. The third kappa shape index (κ3) is 5.59. The van der Waals surface area contributed by atoms with Crippen molar-refractivity contribution in [2.24, 2.45) is 0 Å². The lowest BCUT2D eigenvalue weighted by atomic mass is 9.82. The Hall–Kier alpha value is -1.90. The third-order valence-electron chi connectivity index (χ3n) is 5.75. The molecule has 0 bridgehead atoms. The number of aromatic nitrogens is 2. The lowest BCUT2D eigenvalue weighted by Crippen LogP contribution is -2.49. The Morgan fingerprint density at radius 2 is 1.72 bits per heavy atom. The van der Waals surface area contributed by atoms with E-state index in [4.69, 9.17) is 9.07 Å². The number of anilines is 1. The molecule has 3 rings (SSSR count). The quantitative estimate of drug-likeness (QED) is 0.678. The van der Waals surface area contributed by atoms with Gasteiger partial charge in [-0.25, -0.2) is 0 Å². The molecule has 157 valence electrons. The number of piperazine rings is 1. The van der Waals surface area contributed by atoms with Crippen molar-refractivity contribution in [3.8, 4) is 0 Å². The molecule has 7 nitrogen and oxygen atoms in total. The first-order valence-electron chi connectivity index (χ1n) is 10.3. The van der Waals surface area contributed by atoms with Gasteiger partial charge in [0, 0.05) is 39.1 Å². The standard InChI is InChI=1S/C21H32BN4O3/c1-6-18-23-24-19(28-18)26-13-11-25(12-14-26)15-16-7-9-17(10-8-16)22-29-21(4,5)20(2,3)27/h7-10,27H,6,11-15H2,1-5H3. The molecule has 1 aromatic heterocycles. The zero-order valence-electron chi connectivity index (χ0n) is 18.2. The Labute approximate surface area is 174 Å². The van der Waals surface area contributed by atoms with Gasteiger partial charge in [-0.3, -0.25) is 4.90 Å². The minimum absolute atomic E-state index is 0.635. The molecule has 0 amide bonds. The van der Waals surface area contributed by atoms with E-state index in [1.54, 1.807) is 21.3 Å². The maximum atomic E-state index is 10.2. The summed E-state index contributed by atoms with van der Waals surface area (Å²) in [6, 6.07) is 9.00. The van der Waals surface area contributed by atoms with E-state index in [0.29, 0.717) is 11.9 Å². The van der Waals surface area contributed by atoms with Crippen LogP contribution in [-0.4, -0.2) is 65.1 Å². The van der Waals surface area contributed by atoms with E-state index in [-0.39, 0.29) is 0 Å². The molecule has 1 N–H and O–H groups in total. The third-order valence-corrected chi connectivity index (χ3v) is 5.75. The highest BCUT2D eigenvalue weighted by molar-refractivity contribution is 6.47. The van der Waals surface area contributed by atoms with Crippen LogP contribution in [0.1, 0.15) is 46.1 Å². The van der Waals surface area contributed by atoms with Crippen molar-refractivity contribution in [2.75, 3.05) is 31.1 Å². The maximum absolute atomic E-state index is 10.2. The number of aliphatic hydroxyl groups is 1. The first-order chi connectivity index (χ1) is 13.7. The van der Waals surface area contributed by atoms with Crippen LogP contribution in [0.4, 0.5) is 6.01 Å². The first kappa shape index (κ1) is 21.8. The summed E-state index contributed by atoms with van der Waals surface area (Å²) in [6.07, 6.45) is 0.765. The molecule has 0 saturated carbocycles. The van der Waals surface area contributed by atoms with E-state index < -0.39 is 11.2 Å². The van der Waals surface area contributed by atoms with Crippen LogP contribution in [0.2, 0.25) is 0 Å². The average molecular weight is 399 g/mol. The number of benzene rings is 1. The summed E-state index contributed by atoms with van der Waals surface area (Å²) >= 11 is 0. The molecule has 2 aromatic rings. The van der Waals surface area contributed by atoms with Crippen molar-refractivity contribution < 1.29 is 14.2 Å². The lowest BCUT2D eigenvalue weighted by molar-refractivity contribution is -0.0893. The van der Waals surface area contributed by atoms with Gasteiger partial charge < -0.3 is 19.1 Å². The maximum Gasteiger partial charge on any atom is 0.330 e. The highest BCUT2D eigenvalue weighted by Crippen LogP contribution is 2.24. The summed E-state index contributed by atoms with van der Waals surface area (Å²) in [6.45, 7) is 13.9. The second kappa shape index (κ2) is 8.85. The molecule has 1 aliphatic heterocycles. The smallest absolute Gasteiger partial charge is 0.330 e. The second-order valence-electron chi connectivity index (χ2n) is 8.64. The zero-order valence-corrected chi connectivity index (χ0v) is 18.2. The van der Waals surface area contributed by atoms with Crippen LogP contribution in [0, 0.1) is 0 Å². The Kier molecular flexibility index (Phi) is 6.66. The van der Waals surface area contributed by atoms with Crippen molar-refractivity contribution >= 4 is 19.0 Å². The molecule has 1 aliphatic rings. The predicted octanol–water partition coefficient (Wildman–Crippen LogP) is 1.76. The Morgan fingerprint density at radius 3 is 2.28 bits per heavy atom. The Morgan fingerprint density at radius 1 is 1.07 bits per heavy atom. The SMILES string of the molecule is CCc1nnc(N2CCN(Cc3ccc([B]OC(C)(C)C(C)(C)O)cc3)CC2)o1. The van der Waals surface area contributed by atoms with Crippen LogP contribution in [-0.2, 0) is 17.6 Å². The van der Waals surface area contributed by atoms with E-state index in [1.807, 2.05) is 20.8 Å². The van der Waals surface area contributed by atoms with E-state index in [1.165, 1.54) is 5.56 Å². The van der Waals surface area contributed by atoms with Gasteiger partial charge in [0.15, 0.2) is 0 Å². The molecule has 2 heterocycles. The van der Waals surface area contributed by atoms with Gasteiger partial charge in [-0.15, -0.1) is 5.10 Å². The molecular weight excluding hydrogens is 367 g/mol. The van der Waals surface area contributed by atoms with E-state index in [9.17, 15) is 5.11 Å². The van der Waals surface area contributed by atoms with Gasteiger partial charge in [-0.2, -0.15) is 0 Å². The largest absolute Gasteiger partial charge is 0.427 e. The summed E-state index contributed by atoms with van der Waals surface area (Å²) in [7, 11) is 1.72. The highest BCUT2D eigenvalue weighted by atomic mass is 16.5. The summed E-state index contributed by atoms with van der Waals surface area (Å²) in [5.74, 6) is 0.689.